The maximum atomic E-state index is 6.07. The van der Waals surface area contributed by atoms with Gasteiger partial charge in [0.15, 0.2) is 5.16 Å². The van der Waals surface area contributed by atoms with E-state index in [-0.39, 0.29) is 0 Å². The van der Waals surface area contributed by atoms with Crippen molar-refractivity contribution in [2.75, 3.05) is 0 Å². The zero-order valence-electron chi connectivity index (χ0n) is 12.5. The second-order valence-electron chi connectivity index (χ2n) is 4.96. The molecule has 0 atom stereocenters. The van der Waals surface area contributed by atoms with E-state index < -0.39 is 0 Å². The first-order valence-corrected chi connectivity index (χ1v) is 8.99. The summed E-state index contributed by atoms with van der Waals surface area (Å²) < 4.78 is 2.10. The fourth-order valence-electron chi connectivity index (χ4n) is 2.24. The Hall–Kier alpha value is -1.49. The smallest absolute Gasteiger partial charge is 0.196 e. The third-order valence-electron chi connectivity index (χ3n) is 3.38. The van der Waals surface area contributed by atoms with E-state index in [0.29, 0.717) is 10.0 Å². The van der Waals surface area contributed by atoms with Crippen molar-refractivity contribution in [3.63, 3.8) is 0 Å². The van der Waals surface area contributed by atoms with Gasteiger partial charge < -0.3 is 0 Å². The van der Waals surface area contributed by atoms with E-state index >= 15 is 0 Å². The van der Waals surface area contributed by atoms with Crippen molar-refractivity contribution in [3.8, 4) is 5.69 Å². The van der Waals surface area contributed by atoms with Crippen LogP contribution in [0.5, 0.6) is 0 Å². The molecule has 0 saturated heterocycles. The summed E-state index contributed by atoms with van der Waals surface area (Å²) in [5.41, 5.74) is 2.18. The molecule has 0 N–H and O–H groups in total. The van der Waals surface area contributed by atoms with Crippen LogP contribution in [0, 0.1) is 0 Å². The predicted molar refractivity (Wildman–Crippen MR) is 96.8 cm³/mol. The van der Waals surface area contributed by atoms with Crippen LogP contribution in [0.25, 0.3) is 5.69 Å². The summed E-state index contributed by atoms with van der Waals surface area (Å²) in [6.45, 7) is 2.08. The Bertz CT molecular complexity index is 803. The van der Waals surface area contributed by atoms with Gasteiger partial charge in [-0.3, -0.25) is 4.57 Å². The van der Waals surface area contributed by atoms with E-state index in [1.807, 2.05) is 36.4 Å². The number of thioether (sulfide) groups is 1. The number of hydrogen-bond acceptors (Lipinski definition) is 3. The second-order valence-corrected chi connectivity index (χ2v) is 6.72. The van der Waals surface area contributed by atoms with E-state index in [0.717, 1.165) is 34.4 Å². The van der Waals surface area contributed by atoms with Crippen molar-refractivity contribution >= 4 is 35.0 Å². The molecule has 3 aromatic rings. The number of halogens is 2. The molecule has 0 aliphatic rings. The quantitative estimate of drug-likeness (QED) is 0.566. The summed E-state index contributed by atoms with van der Waals surface area (Å²) in [6, 6.07) is 15.8. The van der Waals surface area contributed by atoms with Crippen LogP contribution in [0.4, 0.5) is 0 Å². The van der Waals surface area contributed by atoms with Crippen molar-refractivity contribution in [1.29, 1.82) is 0 Å². The molecule has 0 amide bonds. The minimum absolute atomic E-state index is 0.570. The predicted octanol–water partition coefficient (Wildman–Crippen LogP) is 5.43. The molecular formula is C17H15Cl2N3S. The molecule has 0 saturated carbocycles. The fraction of sp³-hybridized carbons (Fsp3) is 0.176. The van der Waals surface area contributed by atoms with Crippen molar-refractivity contribution in [2.45, 2.75) is 24.3 Å². The van der Waals surface area contributed by atoms with Gasteiger partial charge in [-0.15, -0.1) is 10.2 Å². The summed E-state index contributed by atoms with van der Waals surface area (Å²) in [7, 11) is 0. The molecule has 2 aromatic carbocycles. The zero-order chi connectivity index (χ0) is 16.2. The van der Waals surface area contributed by atoms with Gasteiger partial charge in [0.05, 0.1) is 10.0 Å². The number of benzene rings is 2. The molecule has 0 radical (unpaired) electrons. The van der Waals surface area contributed by atoms with Crippen molar-refractivity contribution in [3.05, 3.63) is 70.0 Å². The monoisotopic (exact) mass is 363 g/mol. The highest BCUT2D eigenvalue weighted by Crippen LogP contribution is 2.28. The summed E-state index contributed by atoms with van der Waals surface area (Å²) in [6.07, 6.45) is 0.829. The van der Waals surface area contributed by atoms with Gasteiger partial charge in [-0.2, -0.15) is 0 Å². The molecule has 3 rings (SSSR count). The molecule has 6 heteroatoms. The minimum Gasteiger partial charge on any atom is -0.274 e. The molecule has 3 nitrogen and oxygen atoms in total. The van der Waals surface area contributed by atoms with E-state index in [9.17, 15) is 0 Å². The molecular weight excluding hydrogens is 349 g/mol. The molecule has 0 aliphatic carbocycles. The van der Waals surface area contributed by atoms with Gasteiger partial charge in [0.2, 0.25) is 0 Å². The van der Waals surface area contributed by atoms with Crippen molar-refractivity contribution in [2.24, 2.45) is 0 Å². The molecule has 0 spiro atoms. The highest BCUT2D eigenvalue weighted by Gasteiger charge is 2.13. The van der Waals surface area contributed by atoms with Gasteiger partial charge in [0.1, 0.15) is 5.82 Å². The molecule has 23 heavy (non-hydrogen) atoms. The van der Waals surface area contributed by atoms with E-state index in [1.165, 1.54) is 0 Å². The third kappa shape index (κ3) is 3.71. The Labute approximate surface area is 149 Å². The summed E-state index contributed by atoms with van der Waals surface area (Å²) in [4.78, 5) is 0. The average Bonchev–Trinajstić information content (AvgIpc) is 2.99. The number of hydrogen-bond donors (Lipinski definition) is 0. The second kappa shape index (κ2) is 7.39. The topological polar surface area (TPSA) is 30.7 Å². The highest BCUT2D eigenvalue weighted by atomic mass is 35.5. The number of aromatic nitrogens is 3. The Morgan fingerprint density at radius 3 is 2.48 bits per heavy atom. The van der Waals surface area contributed by atoms with Crippen LogP contribution in [-0.4, -0.2) is 14.8 Å². The van der Waals surface area contributed by atoms with Crippen LogP contribution in [0.2, 0.25) is 10.0 Å². The normalized spacial score (nSPS) is 10.9. The third-order valence-corrected chi connectivity index (χ3v) is 5.12. The van der Waals surface area contributed by atoms with Crippen LogP contribution < -0.4 is 0 Å². The fourth-order valence-corrected chi connectivity index (χ4v) is 3.47. The first kappa shape index (κ1) is 16.4. The largest absolute Gasteiger partial charge is 0.274 e. The molecule has 0 unspecified atom stereocenters. The van der Waals surface area contributed by atoms with Gasteiger partial charge >= 0.3 is 0 Å². The Balaban J connectivity index is 1.86. The molecule has 0 bridgehead atoms. The minimum atomic E-state index is 0.570. The molecule has 1 heterocycles. The molecule has 0 fully saturated rings. The first-order valence-electron chi connectivity index (χ1n) is 7.25. The standard InChI is InChI=1S/C17H15Cl2N3S/c1-2-16-20-21-17(22(16)13-6-4-3-5-7-13)23-11-12-8-9-14(18)15(19)10-12/h3-10H,2,11H2,1H3. The van der Waals surface area contributed by atoms with Crippen LogP contribution in [0.15, 0.2) is 53.7 Å². The average molecular weight is 364 g/mol. The summed E-state index contributed by atoms with van der Waals surface area (Å²) in [5.74, 6) is 1.71. The Morgan fingerprint density at radius 1 is 1.00 bits per heavy atom. The van der Waals surface area contributed by atoms with Crippen LogP contribution in [-0.2, 0) is 12.2 Å². The van der Waals surface area contributed by atoms with E-state index in [2.05, 4.69) is 33.8 Å². The lowest BCUT2D eigenvalue weighted by molar-refractivity contribution is 0.836. The molecule has 0 aliphatic heterocycles. The highest BCUT2D eigenvalue weighted by molar-refractivity contribution is 7.98. The van der Waals surface area contributed by atoms with Gasteiger partial charge in [-0.05, 0) is 29.8 Å². The molecule has 118 valence electrons. The maximum Gasteiger partial charge on any atom is 0.196 e. The van der Waals surface area contributed by atoms with Crippen LogP contribution in [0.1, 0.15) is 18.3 Å². The van der Waals surface area contributed by atoms with Crippen LogP contribution >= 0.6 is 35.0 Å². The van der Waals surface area contributed by atoms with E-state index in [1.54, 1.807) is 11.8 Å². The zero-order valence-corrected chi connectivity index (χ0v) is 14.9. The molecule has 1 aromatic heterocycles. The lowest BCUT2D eigenvalue weighted by Crippen LogP contribution is -2.01. The SMILES string of the molecule is CCc1nnc(SCc2ccc(Cl)c(Cl)c2)n1-c1ccccc1. The van der Waals surface area contributed by atoms with Gasteiger partial charge in [-0.25, -0.2) is 0 Å². The number of rotatable bonds is 5. The lowest BCUT2D eigenvalue weighted by Gasteiger charge is -2.09. The number of nitrogens with zero attached hydrogens (tertiary/aromatic N) is 3. The van der Waals surface area contributed by atoms with Crippen LogP contribution in [0.3, 0.4) is 0 Å². The van der Waals surface area contributed by atoms with Crippen molar-refractivity contribution < 1.29 is 0 Å². The number of aryl methyl sites for hydroxylation is 1. The van der Waals surface area contributed by atoms with Gasteiger partial charge in [-0.1, -0.05) is 66.2 Å². The first-order chi connectivity index (χ1) is 11.2. The van der Waals surface area contributed by atoms with E-state index in [4.69, 9.17) is 23.2 Å². The van der Waals surface area contributed by atoms with Crippen molar-refractivity contribution in [1.82, 2.24) is 14.8 Å². The summed E-state index contributed by atoms with van der Waals surface area (Å²) >= 11 is 13.7. The summed E-state index contributed by atoms with van der Waals surface area (Å²) in [5, 5.41) is 10.7. The lowest BCUT2D eigenvalue weighted by atomic mass is 10.2. The maximum absolute atomic E-state index is 6.07. The van der Waals surface area contributed by atoms with Gasteiger partial charge in [0, 0.05) is 17.9 Å². The Morgan fingerprint density at radius 2 is 1.78 bits per heavy atom. The Kier molecular flexibility index (Phi) is 5.26. The van der Waals surface area contributed by atoms with Gasteiger partial charge in [0.25, 0.3) is 0 Å². The number of para-hydroxylation sites is 1.